The number of aromatic nitrogens is 2. The molecule has 2 aliphatic rings. The van der Waals surface area contributed by atoms with Crippen LogP contribution in [0.4, 0.5) is 11.4 Å². The summed E-state index contributed by atoms with van der Waals surface area (Å²) in [4.78, 5) is 38.2. The lowest BCUT2D eigenvalue weighted by molar-refractivity contribution is -0.485. The lowest BCUT2D eigenvalue weighted by atomic mass is 10.1. The Kier molecular flexibility index (Phi) is 8.12. The first kappa shape index (κ1) is 28.0. The number of nitrogens with zero attached hydrogens (tertiary/aromatic N) is 10. The standard InChI is InChI=1S/C25H24Cl2N10O4/c1-17-12-20(34-10-8-32(24(34)30-36(38)39)15-18-2-6-22(26)28-13-18)4-5-21(17)35-11-9-33(25(35)31-37(40)41)16-19-3-7-23(27)29-14-19/h2-7,12-14H,8-11,15-16H2,1H3. The first-order chi connectivity index (χ1) is 19.7. The highest BCUT2D eigenvalue weighted by Gasteiger charge is 2.34. The van der Waals surface area contributed by atoms with Crippen molar-refractivity contribution in [3.8, 4) is 0 Å². The SMILES string of the molecule is Cc1cc(N2CCN(Cc3ccc(Cl)nc3)C2=N[N+](=O)[O-])ccc1N1CCN(Cc2ccc(Cl)nc2)C1=N[N+](=O)[O-]. The van der Waals surface area contributed by atoms with E-state index in [9.17, 15) is 20.2 Å². The molecule has 5 rings (SSSR count). The molecule has 1 aromatic carbocycles. The number of nitro groups is 2. The molecule has 2 saturated heterocycles. The van der Waals surface area contributed by atoms with E-state index in [0.29, 0.717) is 55.3 Å². The Balaban J connectivity index is 1.39. The van der Waals surface area contributed by atoms with Gasteiger partial charge in [0.2, 0.25) is 0 Å². The van der Waals surface area contributed by atoms with Gasteiger partial charge in [-0.05, 0) is 53.9 Å². The number of guanidine groups is 2. The van der Waals surface area contributed by atoms with Crippen molar-refractivity contribution in [2.75, 3.05) is 36.0 Å². The third-order valence-corrected chi connectivity index (χ3v) is 7.13. The Morgan fingerprint density at radius 2 is 1.29 bits per heavy atom. The second-order valence-corrected chi connectivity index (χ2v) is 10.1. The lowest BCUT2D eigenvalue weighted by Crippen LogP contribution is -2.35. The fraction of sp³-hybridized carbons (Fsp3) is 0.280. The number of hydrogen-bond donors (Lipinski definition) is 0. The van der Waals surface area contributed by atoms with Crippen LogP contribution in [0.2, 0.25) is 10.3 Å². The van der Waals surface area contributed by atoms with Crippen LogP contribution >= 0.6 is 23.2 Å². The zero-order valence-corrected chi connectivity index (χ0v) is 23.3. The van der Waals surface area contributed by atoms with E-state index < -0.39 is 10.1 Å². The molecule has 41 heavy (non-hydrogen) atoms. The van der Waals surface area contributed by atoms with Crippen LogP contribution in [0, 0.1) is 27.2 Å². The van der Waals surface area contributed by atoms with Crippen LogP contribution in [-0.4, -0.2) is 67.9 Å². The average Bonchev–Trinajstić information content (AvgIpc) is 3.49. The van der Waals surface area contributed by atoms with Gasteiger partial charge in [-0.15, -0.1) is 0 Å². The predicted octanol–water partition coefficient (Wildman–Crippen LogP) is 3.83. The largest absolute Gasteiger partial charge is 0.331 e. The molecule has 0 saturated carbocycles. The van der Waals surface area contributed by atoms with Crippen molar-refractivity contribution in [1.29, 1.82) is 0 Å². The molecule has 0 bridgehead atoms. The second-order valence-electron chi connectivity index (χ2n) is 9.37. The number of pyridine rings is 2. The Bertz CT molecular complexity index is 1520. The molecule has 14 nitrogen and oxygen atoms in total. The topological polar surface area (TPSA) is 150 Å². The van der Waals surface area contributed by atoms with Crippen molar-refractivity contribution in [2.45, 2.75) is 20.0 Å². The van der Waals surface area contributed by atoms with Crippen LogP contribution in [0.3, 0.4) is 0 Å². The van der Waals surface area contributed by atoms with E-state index in [1.807, 2.05) is 47.1 Å². The minimum absolute atomic E-state index is 0.205. The van der Waals surface area contributed by atoms with Gasteiger partial charge in [0.1, 0.15) is 20.5 Å². The zero-order valence-electron chi connectivity index (χ0n) is 21.8. The van der Waals surface area contributed by atoms with Gasteiger partial charge in [0.05, 0.1) is 0 Å². The Hall–Kier alpha value is -4.56. The van der Waals surface area contributed by atoms with Gasteiger partial charge >= 0.3 is 0 Å². The average molecular weight is 599 g/mol. The number of anilines is 2. The second kappa shape index (κ2) is 11.9. The number of hydrogen-bond acceptors (Lipinski definition) is 6. The highest BCUT2D eigenvalue weighted by atomic mass is 35.5. The molecular weight excluding hydrogens is 575 g/mol. The minimum atomic E-state index is -0.711. The molecular formula is C25H24Cl2N10O4. The molecule has 16 heteroatoms. The van der Waals surface area contributed by atoms with Crippen LogP contribution < -0.4 is 9.80 Å². The highest BCUT2D eigenvalue weighted by molar-refractivity contribution is 6.29. The summed E-state index contributed by atoms with van der Waals surface area (Å²) in [7, 11) is 0. The number of aryl methyl sites for hydroxylation is 1. The summed E-state index contributed by atoms with van der Waals surface area (Å²) < 4.78 is 0. The third kappa shape index (κ3) is 6.44. The van der Waals surface area contributed by atoms with Crippen molar-refractivity contribution >= 4 is 46.5 Å². The van der Waals surface area contributed by atoms with Gasteiger partial charge in [0, 0.05) is 63.0 Å². The van der Waals surface area contributed by atoms with Gasteiger partial charge in [-0.3, -0.25) is 0 Å². The normalized spacial score (nSPS) is 17.2. The van der Waals surface area contributed by atoms with Crippen molar-refractivity contribution in [1.82, 2.24) is 19.8 Å². The Labute approximate surface area is 244 Å². The summed E-state index contributed by atoms with van der Waals surface area (Å²) in [5.74, 6) is 0.414. The summed E-state index contributed by atoms with van der Waals surface area (Å²) in [6.45, 7) is 4.61. The quantitative estimate of drug-likeness (QED) is 0.212. The number of hydrazone groups is 2. The van der Waals surface area contributed by atoms with E-state index in [4.69, 9.17) is 23.2 Å². The van der Waals surface area contributed by atoms with E-state index in [0.717, 1.165) is 22.4 Å². The van der Waals surface area contributed by atoms with Crippen molar-refractivity contribution < 1.29 is 10.1 Å². The van der Waals surface area contributed by atoms with E-state index in [1.165, 1.54) is 0 Å². The molecule has 212 valence electrons. The molecule has 0 unspecified atom stereocenters. The first-order valence-corrected chi connectivity index (χ1v) is 13.3. The molecule has 0 N–H and O–H groups in total. The molecule has 0 radical (unpaired) electrons. The fourth-order valence-corrected chi connectivity index (χ4v) is 5.11. The summed E-state index contributed by atoms with van der Waals surface area (Å²) in [5.41, 5.74) is 3.94. The summed E-state index contributed by atoms with van der Waals surface area (Å²) in [5, 5.41) is 29.5. The van der Waals surface area contributed by atoms with Gasteiger partial charge in [-0.25, -0.2) is 30.2 Å². The van der Waals surface area contributed by atoms with Crippen LogP contribution in [0.1, 0.15) is 16.7 Å². The maximum absolute atomic E-state index is 11.4. The van der Waals surface area contributed by atoms with E-state index >= 15 is 0 Å². The van der Waals surface area contributed by atoms with Crippen molar-refractivity contribution in [3.05, 3.63) is 102 Å². The third-order valence-electron chi connectivity index (χ3n) is 6.68. The lowest BCUT2D eigenvalue weighted by Gasteiger charge is -2.24. The number of benzene rings is 1. The number of halogens is 2. The first-order valence-electron chi connectivity index (χ1n) is 12.5. The number of rotatable bonds is 8. The van der Waals surface area contributed by atoms with Gasteiger partial charge in [0.15, 0.2) is 10.1 Å². The van der Waals surface area contributed by atoms with E-state index in [2.05, 4.69) is 20.2 Å². The molecule has 3 aromatic rings. The van der Waals surface area contributed by atoms with Gasteiger partial charge in [0.25, 0.3) is 11.9 Å². The molecule has 0 aliphatic carbocycles. The van der Waals surface area contributed by atoms with E-state index in [1.54, 1.807) is 34.3 Å². The minimum Gasteiger partial charge on any atom is -0.331 e. The zero-order chi connectivity index (χ0) is 29.1. The summed E-state index contributed by atoms with van der Waals surface area (Å²) >= 11 is 11.8. The van der Waals surface area contributed by atoms with Gasteiger partial charge in [-0.2, -0.15) is 0 Å². The molecule has 4 heterocycles. The van der Waals surface area contributed by atoms with Gasteiger partial charge in [-0.1, -0.05) is 35.3 Å². The Morgan fingerprint density at radius 3 is 1.76 bits per heavy atom. The molecule has 2 aromatic heterocycles. The molecule has 2 aliphatic heterocycles. The smallest absolute Gasteiger partial charge is 0.278 e. The maximum Gasteiger partial charge on any atom is 0.278 e. The van der Waals surface area contributed by atoms with Crippen LogP contribution in [0.15, 0.2) is 65.1 Å². The molecule has 0 atom stereocenters. The predicted molar refractivity (Wildman–Crippen MR) is 154 cm³/mol. The highest BCUT2D eigenvalue weighted by Crippen LogP contribution is 2.31. The molecule has 0 spiro atoms. The van der Waals surface area contributed by atoms with Gasteiger partial charge < -0.3 is 19.6 Å². The fourth-order valence-electron chi connectivity index (χ4n) is 4.89. The maximum atomic E-state index is 11.4. The van der Waals surface area contributed by atoms with Crippen LogP contribution in [0.25, 0.3) is 0 Å². The van der Waals surface area contributed by atoms with Crippen LogP contribution in [0.5, 0.6) is 0 Å². The van der Waals surface area contributed by atoms with Crippen molar-refractivity contribution in [3.63, 3.8) is 0 Å². The Morgan fingerprint density at radius 1 is 0.780 bits per heavy atom. The summed E-state index contributed by atoms with van der Waals surface area (Å²) in [6, 6.07) is 12.5. The van der Waals surface area contributed by atoms with Crippen molar-refractivity contribution in [2.24, 2.45) is 10.2 Å². The monoisotopic (exact) mass is 598 g/mol. The molecule has 0 amide bonds. The van der Waals surface area contributed by atoms with E-state index in [-0.39, 0.29) is 11.9 Å². The molecule has 2 fully saturated rings. The summed E-state index contributed by atoms with van der Waals surface area (Å²) in [6.07, 6.45) is 3.25. The van der Waals surface area contributed by atoms with Crippen LogP contribution in [-0.2, 0) is 13.1 Å².